The number of fused-ring (bicyclic) bond motifs is 3. The molecule has 0 aliphatic carbocycles. The van der Waals surface area contributed by atoms with Gasteiger partial charge < -0.3 is 16.9 Å². The van der Waals surface area contributed by atoms with Crippen molar-refractivity contribution in [3.05, 3.63) is 71.8 Å². The molecule has 0 atom stereocenters. The lowest BCUT2D eigenvalue weighted by Gasteiger charge is -2.54. The van der Waals surface area contributed by atoms with Crippen LogP contribution in [0.4, 0.5) is 0 Å². The summed E-state index contributed by atoms with van der Waals surface area (Å²) >= 11 is 2.23. The van der Waals surface area contributed by atoms with Crippen molar-refractivity contribution in [3.8, 4) is 0 Å². The van der Waals surface area contributed by atoms with Crippen LogP contribution >= 0.6 is 11.8 Å². The zero-order valence-corrected chi connectivity index (χ0v) is 15.7. The fourth-order valence-corrected chi connectivity index (χ4v) is 5.64. The van der Waals surface area contributed by atoms with Crippen molar-refractivity contribution in [2.75, 3.05) is 19.6 Å². The van der Waals surface area contributed by atoms with Gasteiger partial charge in [-0.25, -0.2) is 0 Å². The smallest absolute Gasteiger partial charge is 0.104 e. The average Bonchev–Trinajstić information content (AvgIpc) is 2.63. The lowest BCUT2D eigenvalue weighted by Crippen LogP contribution is -3.00. The third kappa shape index (κ3) is 3.82. The standard InChI is InChI=1S/C21H26NS.ClH/c1-3-7-19(8-4-1)17-22-14-11-21(12-15-22,13-16-22)23-18-20-9-5-2-6-10-20;/h1-10H,11-18H2;1H/q+1;/p-1. The minimum atomic E-state index is 0. The van der Waals surface area contributed by atoms with E-state index in [2.05, 4.69) is 72.4 Å². The van der Waals surface area contributed by atoms with E-state index in [4.69, 9.17) is 0 Å². The Morgan fingerprint density at radius 2 is 1.25 bits per heavy atom. The number of thioether (sulfide) groups is 1. The molecule has 0 N–H and O–H groups in total. The normalized spacial score (nSPS) is 28.3. The average molecular weight is 360 g/mol. The molecule has 0 aromatic heterocycles. The van der Waals surface area contributed by atoms with Crippen LogP contribution in [0.2, 0.25) is 0 Å². The summed E-state index contributed by atoms with van der Waals surface area (Å²) in [5.74, 6) is 1.18. The van der Waals surface area contributed by atoms with E-state index < -0.39 is 0 Å². The van der Waals surface area contributed by atoms with Gasteiger partial charge in [0.2, 0.25) is 0 Å². The molecule has 2 aromatic rings. The largest absolute Gasteiger partial charge is 1.00 e. The Morgan fingerprint density at radius 3 is 1.79 bits per heavy atom. The maximum atomic E-state index is 2.30. The van der Waals surface area contributed by atoms with Gasteiger partial charge in [-0.2, -0.15) is 0 Å². The van der Waals surface area contributed by atoms with Crippen LogP contribution in [0.15, 0.2) is 60.7 Å². The number of hydrogen-bond donors (Lipinski definition) is 0. The molecule has 3 fully saturated rings. The topological polar surface area (TPSA) is 0 Å². The van der Waals surface area contributed by atoms with Crippen molar-refractivity contribution >= 4 is 11.8 Å². The van der Waals surface area contributed by atoms with Crippen molar-refractivity contribution in [2.24, 2.45) is 0 Å². The highest BCUT2D eigenvalue weighted by Crippen LogP contribution is 2.48. The second-order valence-electron chi connectivity index (χ2n) is 7.36. The van der Waals surface area contributed by atoms with E-state index >= 15 is 0 Å². The Labute approximate surface area is 156 Å². The maximum absolute atomic E-state index is 2.30. The molecule has 0 amide bonds. The monoisotopic (exact) mass is 359 g/mol. The molecule has 0 unspecified atom stereocenters. The quantitative estimate of drug-likeness (QED) is 0.734. The van der Waals surface area contributed by atoms with Crippen molar-refractivity contribution in [2.45, 2.75) is 36.3 Å². The molecule has 0 spiro atoms. The first-order valence-corrected chi connectivity index (χ1v) is 9.83. The molecular weight excluding hydrogens is 334 g/mol. The van der Waals surface area contributed by atoms with Gasteiger partial charge in [0.1, 0.15) is 6.54 Å². The molecule has 3 heteroatoms. The summed E-state index contributed by atoms with van der Waals surface area (Å²) in [6.45, 7) is 5.35. The Morgan fingerprint density at radius 1 is 0.750 bits per heavy atom. The van der Waals surface area contributed by atoms with Gasteiger partial charge in [-0.1, -0.05) is 60.7 Å². The summed E-state index contributed by atoms with van der Waals surface area (Å²) in [4.78, 5) is 0. The minimum Gasteiger partial charge on any atom is -1.00 e. The van der Waals surface area contributed by atoms with E-state index in [1.54, 1.807) is 0 Å². The highest BCUT2D eigenvalue weighted by molar-refractivity contribution is 7.99. The first-order valence-electron chi connectivity index (χ1n) is 8.85. The fraction of sp³-hybridized carbons (Fsp3) is 0.429. The first kappa shape index (κ1) is 17.8. The van der Waals surface area contributed by atoms with Crippen molar-refractivity contribution in [1.29, 1.82) is 0 Å². The summed E-state index contributed by atoms with van der Waals surface area (Å²) in [5, 5.41) is 0. The van der Waals surface area contributed by atoms with Gasteiger partial charge in [0, 0.05) is 35.3 Å². The summed E-state index contributed by atoms with van der Waals surface area (Å²) in [5.41, 5.74) is 2.99. The van der Waals surface area contributed by atoms with Crippen LogP contribution in [0.1, 0.15) is 30.4 Å². The molecule has 5 rings (SSSR count). The molecule has 128 valence electrons. The minimum absolute atomic E-state index is 0. The number of rotatable bonds is 5. The molecule has 3 aliphatic rings. The number of hydrogen-bond acceptors (Lipinski definition) is 1. The van der Waals surface area contributed by atoms with Crippen LogP contribution in [0, 0.1) is 0 Å². The van der Waals surface area contributed by atoms with Crippen molar-refractivity contribution < 1.29 is 16.9 Å². The van der Waals surface area contributed by atoms with Crippen LogP contribution in [0.3, 0.4) is 0 Å². The molecule has 1 nitrogen and oxygen atoms in total. The van der Waals surface area contributed by atoms with E-state index in [-0.39, 0.29) is 12.4 Å². The molecule has 3 heterocycles. The van der Waals surface area contributed by atoms with Gasteiger partial charge in [0.05, 0.1) is 19.6 Å². The number of quaternary nitrogens is 1. The molecule has 0 saturated carbocycles. The lowest BCUT2D eigenvalue weighted by atomic mass is 9.84. The summed E-state index contributed by atoms with van der Waals surface area (Å²) in [7, 11) is 0. The van der Waals surface area contributed by atoms with Gasteiger partial charge >= 0.3 is 0 Å². The fourth-order valence-electron chi connectivity index (χ4n) is 4.27. The second-order valence-corrected chi connectivity index (χ2v) is 8.81. The van der Waals surface area contributed by atoms with Crippen LogP contribution in [-0.2, 0) is 12.3 Å². The third-order valence-electron chi connectivity index (χ3n) is 5.87. The predicted octanol–water partition coefficient (Wildman–Crippen LogP) is 1.88. The van der Waals surface area contributed by atoms with Gasteiger partial charge in [0.15, 0.2) is 0 Å². The third-order valence-corrected chi connectivity index (χ3v) is 7.58. The number of benzene rings is 2. The molecule has 24 heavy (non-hydrogen) atoms. The highest BCUT2D eigenvalue weighted by atomic mass is 35.5. The van der Waals surface area contributed by atoms with Gasteiger partial charge in [-0.3, -0.25) is 0 Å². The molecule has 3 saturated heterocycles. The Bertz CT molecular complexity index is 619. The first-order chi connectivity index (χ1) is 11.3. The van der Waals surface area contributed by atoms with E-state index in [1.165, 1.54) is 66.8 Å². The van der Waals surface area contributed by atoms with Crippen LogP contribution in [0.25, 0.3) is 0 Å². The molecule has 2 aromatic carbocycles. The van der Waals surface area contributed by atoms with E-state index in [9.17, 15) is 0 Å². The Kier molecular flexibility index (Phi) is 5.59. The molecule has 3 aliphatic heterocycles. The van der Waals surface area contributed by atoms with Crippen LogP contribution in [-0.4, -0.2) is 28.9 Å². The lowest BCUT2D eigenvalue weighted by molar-refractivity contribution is -0.953. The van der Waals surface area contributed by atoms with Crippen molar-refractivity contribution in [1.82, 2.24) is 0 Å². The van der Waals surface area contributed by atoms with E-state index in [1.807, 2.05) is 0 Å². The second kappa shape index (κ2) is 7.51. The Hall–Kier alpha value is -0.960. The zero-order chi connectivity index (χ0) is 15.6. The van der Waals surface area contributed by atoms with Gasteiger partial charge in [0.25, 0.3) is 0 Å². The zero-order valence-electron chi connectivity index (χ0n) is 14.2. The predicted molar refractivity (Wildman–Crippen MR) is 99.3 cm³/mol. The number of halogens is 1. The maximum Gasteiger partial charge on any atom is 0.104 e. The SMILES string of the molecule is [Cl-].c1ccc(CSC23CC[N+](Cc4ccccc4)(CC2)CC3)cc1. The summed E-state index contributed by atoms with van der Waals surface area (Å²) < 4.78 is 1.89. The van der Waals surface area contributed by atoms with Gasteiger partial charge in [-0.05, 0) is 5.56 Å². The molecule has 0 radical (unpaired) electrons. The number of nitrogens with zero attached hydrogens (tertiary/aromatic N) is 1. The number of piperidine rings is 3. The van der Waals surface area contributed by atoms with E-state index in [0.717, 1.165) is 0 Å². The van der Waals surface area contributed by atoms with Gasteiger partial charge in [-0.15, -0.1) is 11.8 Å². The molecule has 2 bridgehead atoms. The highest BCUT2D eigenvalue weighted by Gasteiger charge is 2.48. The molecular formula is C21H26ClNS. The van der Waals surface area contributed by atoms with Crippen molar-refractivity contribution in [3.63, 3.8) is 0 Å². The van der Waals surface area contributed by atoms with Crippen LogP contribution in [0.5, 0.6) is 0 Å². The van der Waals surface area contributed by atoms with E-state index in [0.29, 0.717) is 4.75 Å². The summed E-state index contributed by atoms with van der Waals surface area (Å²) in [6.07, 6.45) is 4.20. The Balaban J connectivity index is 0.00000169. The summed E-state index contributed by atoms with van der Waals surface area (Å²) in [6, 6.07) is 22.1. The van der Waals surface area contributed by atoms with Crippen LogP contribution < -0.4 is 12.4 Å².